The smallest absolute Gasteiger partial charge is 0.0544 e. The zero-order chi connectivity index (χ0) is 11.5. The number of nitrogens with one attached hydrogen (secondary N) is 1. The molecule has 16 heavy (non-hydrogen) atoms. The van der Waals surface area contributed by atoms with Crippen LogP contribution in [0.25, 0.3) is 0 Å². The number of hydrogen-bond donors (Lipinski definition) is 1. The molecule has 2 atom stereocenters. The van der Waals surface area contributed by atoms with Crippen LogP contribution >= 0.6 is 0 Å². The first kappa shape index (κ1) is 11.6. The molecule has 1 aromatic rings. The molecule has 0 spiro atoms. The predicted molar refractivity (Wildman–Crippen MR) is 66.3 cm³/mol. The molecule has 0 amide bonds. The van der Waals surface area contributed by atoms with Gasteiger partial charge >= 0.3 is 0 Å². The molecule has 0 saturated carbocycles. The van der Waals surface area contributed by atoms with E-state index in [1.807, 2.05) is 6.20 Å². The van der Waals surface area contributed by atoms with Crippen molar-refractivity contribution in [1.82, 2.24) is 15.2 Å². The van der Waals surface area contributed by atoms with E-state index in [0.717, 1.165) is 19.6 Å². The molecule has 0 aromatic carbocycles. The van der Waals surface area contributed by atoms with Gasteiger partial charge in [-0.15, -0.1) is 0 Å². The normalized spacial score (nSPS) is 26.9. The van der Waals surface area contributed by atoms with E-state index in [4.69, 9.17) is 0 Å². The van der Waals surface area contributed by atoms with Gasteiger partial charge in [0.2, 0.25) is 0 Å². The predicted octanol–water partition coefficient (Wildman–Crippen LogP) is 1.57. The molecule has 3 nitrogen and oxygen atoms in total. The summed E-state index contributed by atoms with van der Waals surface area (Å²) >= 11 is 0. The minimum Gasteiger partial charge on any atom is -0.309 e. The van der Waals surface area contributed by atoms with Gasteiger partial charge in [-0.1, -0.05) is 6.07 Å². The Bertz CT molecular complexity index is 324. The van der Waals surface area contributed by atoms with Gasteiger partial charge in [0.25, 0.3) is 0 Å². The zero-order valence-corrected chi connectivity index (χ0v) is 10.4. The SMILES string of the molecule is Cc1ccc(CN2CC(C)NC(C)C2)nc1. The van der Waals surface area contributed by atoms with Gasteiger partial charge in [-0.3, -0.25) is 9.88 Å². The molecule has 1 saturated heterocycles. The Morgan fingerprint density at radius 3 is 2.56 bits per heavy atom. The van der Waals surface area contributed by atoms with Crippen LogP contribution in [0.2, 0.25) is 0 Å². The molecule has 2 unspecified atom stereocenters. The van der Waals surface area contributed by atoms with E-state index < -0.39 is 0 Å². The highest BCUT2D eigenvalue weighted by Gasteiger charge is 2.20. The molecule has 88 valence electrons. The van der Waals surface area contributed by atoms with Crippen LogP contribution in [0.3, 0.4) is 0 Å². The molecular formula is C13H21N3. The van der Waals surface area contributed by atoms with Crippen molar-refractivity contribution in [1.29, 1.82) is 0 Å². The van der Waals surface area contributed by atoms with Crippen LogP contribution < -0.4 is 5.32 Å². The third-order valence-electron chi connectivity index (χ3n) is 2.99. The molecule has 1 aliphatic heterocycles. The monoisotopic (exact) mass is 219 g/mol. The second-order valence-electron chi connectivity index (χ2n) is 4.99. The summed E-state index contributed by atoms with van der Waals surface area (Å²) in [6, 6.07) is 5.42. The molecule has 1 aliphatic rings. The highest BCUT2D eigenvalue weighted by Crippen LogP contribution is 2.08. The number of piperazine rings is 1. The summed E-state index contributed by atoms with van der Waals surface area (Å²) in [7, 11) is 0. The second-order valence-corrected chi connectivity index (χ2v) is 4.99. The molecule has 1 aromatic heterocycles. The third kappa shape index (κ3) is 3.03. The molecule has 1 N–H and O–H groups in total. The summed E-state index contributed by atoms with van der Waals surface area (Å²) in [6.45, 7) is 9.75. The van der Waals surface area contributed by atoms with E-state index in [2.05, 4.69) is 48.1 Å². The van der Waals surface area contributed by atoms with E-state index in [9.17, 15) is 0 Å². The van der Waals surface area contributed by atoms with Gasteiger partial charge in [0, 0.05) is 37.9 Å². The molecule has 0 radical (unpaired) electrons. The second kappa shape index (κ2) is 4.93. The Kier molecular flexibility index (Phi) is 3.56. The highest BCUT2D eigenvalue weighted by atomic mass is 15.2. The van der Waals surface area contributed by atoms with Crippen molar-refractivity contribution in [2.24, 2.45) is 0 Å². The van der Waals surface area contributed by atoms with Gasteiger partial charge in [-0.25, -0.2) is 0 Å². The van der Waals surface area contributed by atoms with Gasteiger partial charge in [-0.2, -0.15) is 0 Å². The van der Waals surface area contributed by atoms with Gasteiger partial charge in [0.1, 0.15) is 0 Å². The Morgan fingerprint density at radius 1 is 1.31 bits per heavy atom. The van der Waals surface area contributed by atoms with E-state index in [1.165, 1.54) is 11.3 Å². The van der Waals surface area contributed by atoms with Crippen LogP contribution in [-0.2, 0) is 6.54 Å². The number of aromatic nitrogens is 1. The lowest BCUT2D eigenvalue weighted by Gasteiger charge is -2.35. The molecule has 2 rings (SSSR count). The summed E-state index contributed by atoms with van der Waals surface area (Å²) < 4.78 is 0. The number of pyridine rings is 1. The van der Waals surface area contributed by atoms with Gasteiger partial charge < -0.3 is 5.32 Å². The maximum Gasteiger partial charge on any atom is 0.0544 e. The summed E-state index contributed by atoms with van der Waals surface area (Å²) in [6.07, 6.45) is 1.95. The Hall–Kier alpha value is -0.930. The number of rotatable bonds is 2. The van der Waals surface area contributed by atoms with Crippen LogP contribution in [0.4, 0.5) is 0 Å². The number of hydrogen-bond acceptors (Lipinski definition) is 3. The van der Waals surface area contributed by atoms with Crippen LogP contribution in [0, 0.1) is 6.92 Å². The minimum absolute atomic E-state index is 0.578. The molecule has 0 bridgehead atoms. The van der Waals surface area contributed by atoms with Crippen LogP contribution in [0.1, 0.15) is 25.1 Å². The molecule has 0 aliphatic carbocycles. The first-order chi connectivity index (χ1) is 7.63. The van der Waals surface area contributed by atoms with Crippen LogP contribution in [-0.4, -0.2) is 35.1 Å². The summed E-state index contributed by atoms with van der Waals surface area (Å²) in [5.74, 6) is 0. The van der Waals surface area contributed by atoms with Crippen LogP contribution in [0.15, 0.2) is 18.3 Å². The molecule has 2 heterocycles. The van der Waals surface area contributed by atoms with Crippen molar-refractivity contribution >= 4 is 0 Å². The van der Waals surface area contributed by atoms with Crippen molar-refractivity contribution in [3.8, 4) is 0 Å². The fraction of sp³-hybridized carbons (Fsp3) is 0.615. The number of nitrogens with zero attached hydrogens (tertiary/aromatic N) is 2. The van der Waals surface area contributed by atoms with Crippen molar-refractivity contribution in [3.63, 3.8) is 0 Å². The van der Waals surface area contributed by atoms with Crippen molar-refractivity contribution < 1.29 is 0 Å². The van der Waals surface area contributed by atoms with E-state index in [1.54, 1.807) is 0 Å². The molecule has 1 fully saturated rings. The minimum atomic E-state index is 0.578. The van der Waals surface area contributed by atoms with Gasteiger partial charge in [-0.05, 0) is 32.4 Å². The fourth-order valence-electron chi connectivity index (χ4n) is 2.39. The molecular weight excluding hydrogens is 198 g/mol. The lowest BCUT2D eigenvalue weighted by Crippen LogP contribution is -2.53. The quantitative estimate of drug-likeness (QED) is 0.818. The summed E-state index contributed by atoms with van der Waals surface area (Å²) in [5.41, 5.74) is 2.40. The van der Waals surface area contributed by atoms with Crippen LogP contribution in [0.5, 0.6) is 0 Å². The third-order valence-corrected chi connectivity index (χ3v) is 2.99. The Labute approximate surface area is 97.9 Å². The van der Waals surface area contributed by atoms with Gasteiger partial charge in [0.15, 0.2) is 0 Å². The van der Waals surface area contributed by atoms with E-state index in [0.29, 0.717) is 12.1 Å². The average Bonchev–Trinajstić information content (AvgIpc) is 2.20. The Balaban J connectivity index is 1.96. The average molecular weight is 219 g/mol. The van der Waals surface area contributed by atoms with E-state index in [-0.39, 0.29) is 0 Å². The highest BCUT2D eigenvalue weighted by molar-refractivity contribution is 5.12. The first-order valence-corrected chi connectivity index (χ1v) is 6.03. The van der Waals surface area contributed by atoms with E-state index >= 15 is 0 Å². The van der Waals surface area contributed by atoms with Gasteiger partial charge in [0.05, 0.1) is 5.69 Å². The van der Waals surface area contributed by atoms with Crippen molar-refractivity contribution in [2.45, 2.75) is 39.4 Å². The molecule has 3 heteroatoms. The standard InChI is InChI=1S/C13H21N3/c1-10-4-5-13(14-6-10)9-16-7-11(2)15-12(3)8-16/h4-6,11-12,15H,7-9H2,1-3H3. The Morgan fingerprint density at radius 2 is 2.00 bits per heavy atom. The van der Waals surface area contributed by atoms with Crippen molar-refractivity contribution in [3.05, 3.63) is 29.6 Å². The first-order valence-electron chi connectivity index (χ1n) is 6.03. The zero-order valence-electron chi connectivity index (χ0n) is 10.4. The lowest BCUT2D eigenvalue weighted by atomic mass is 10.1. The van der Waals surface area contributed by atoms with Crippen molar-refractivity contribution in [2.75, 3.05) is 13.1 Å². The fourth-order valence-corrected chi connectivity index (χ4v) is 2.39. The number of aryl methyl sites for hydroxylation is 1. The maximum atomic E-state index is 4.46. The summed E-state index contributed by atoms with van der Waals surface area (Å²) in [5, 5.41) is 3.54. The largest absolute Gasteiger partial charge is 0.309 e. The topological polar surface area (TPSA) is 28.2 Å². The maximum absolute atomic E-state index is 4.46. The summed E-state index contributed by atoms with van der Waals surface area (Å²) in [4.78, 5) is 6.94. The lowest BCUT2D eigenvalue weighted by molar-refractivity contribution is 0.165.